The highest BCUT2D eigenvalue weighted by Gasteiger charge is 2.08. The molecule has 0 aromatic heterocycles. The SMILES string of the molecule is CN(C)Cc1ccc(C(=O)CCN)cc1Cl. The van der Waals surface area contributed by atoms with Crippen molar-refractivity contribution in [1.29, 1.82) is 0 Å². The molecule has 0 spiro atoms. The van der Waals surface area contributed by atoms with E-state index in [0.29, 0.717) is 23.6 Å². The second kappa shape index (κ2) is 5.99. The number of rotatable bonds is 5. The molecule has 4 heteroatoms. The molecule has 1 aromatic carbocycles. The number of halogens is 1. The van der Waals surface area contributed by atoms with Gasteiger partial charge in [-0.1, -0.05) is 23.7 Å². The number of nitrogens with zero attached hydrogens (tertiary/aromatic N) is 1. The van der Waals surface area contributed by atoms with Gasteiger partial charge in [-0.3, -0.25) is 4.79 Å². The van der Waals surface area contributed by atoms with Crippen LogP contribution in [0.2, 0.25) is 5.02 Å². The number of benzene rings is 1. The minimum absolute atomic E-state index is 0.0424. The Morgan fingerprint density at radius 3 is 2.62 bits per heavy atom. The van der Waals surface area contributed by atoms with E-state index in [9.17, 15) is 4.79 Å². The van der Waals surface area contributed by atoms with E-state index in [0.717, 1.165) is 12.1 Å². The van der Waals surface area contributed by atoms with Crippen LogP contribution < -0.4 is 5.73 Å². The van der Waals surface area contributed by atoms with E-state index in [2.05, 4.69) is 0 Å². The third-order valence-corrected chi connectivity index (χ3v) is 2.58. The summed E-state index contributed by atoms with van der Waals surface area (Å²) in [6, 6.07) is 5.42. The Hall–Kier alpha value is -0.900. The molecule has 0 heterocycles. The maximum Gasteiger partial charge on any atom is 0.164 e. The van der Waals surface area contributed by atoms with Crippen molar-refractivity contribution in [3.05, 3.63) is 34.3 Å². The number of carbonyl (C=O) groups is 1. The van der Waals surface area contributed by atoms with E-state index in [-0.39, 0.29) is 5.78 Å². The number of Topliss-reactive ketones (excluding diaryl/α,β-unsaturated/α-hetero) is 1. The summed E-state index contributed by atoms with van der Waals surface area (Å²) in [5, 5.41) is 0.636. The van der Waals surface area contributed by atoms with Gasteiger partial charge in [0.25, 0.3) is 0 Å². The van der Waals surface area contributed by atoms with Crippen molar-refractivity contribution in [3.63, 3.8) is 0 Å². The minimum atomic E-state index is 0.0424. The number of carbonyl (C=O) groups excluding carboxylic acids is 1. The van der Waals surface area contributed by atoms with Crippen molar-refractivity contribution in [1.82, 2.24) is 4.90 Å². The predicted molar refractivity (Wildman–Crippen MR) is 66.8 cm³/mol. The lowest BCUT2D eigenvalue weighted by Gasteiger charge is -2.11. The average molecular weight is 241 g/mol. The standard InChI is InChI=1S/C12H17ClN2O/c1-15(2)8-10-4-3-9(7-11(10)13)12(16)5-6-14/h3-4,7H,5-6,8,14H2,1-2H3. The maximum absolute atomic E-state index is 11.6. The zero-order chi connectivity index (χ0) is 12.1. The van der Waals surface area contributed by atoms with Crippen LogP contribution in [0.1, 0.15) is 22.3 Å². The molecule has 88 valence electrons. The second-order valence-corrected chi connectivity index (χ2v) is 4.41. The summed E-state index contributed by atoms with van der Waals surface area (Å²) >= 11 is 6.11. The molecule has 1 rings (SSSR count). The second-order valence-electron chi connectivity index (χ2n) is 4.01. The molecule has 1 aromatic rings. The van der Waals surface area contributed by atoms with Crippen LogP contribution in [0, 0.1) is 0 Å². The molecule has 0 radical (unpaired) electrons. The first-order valence-electron chi connectivity index (χ1n) is 5.21. The molecule has 0 aliphatic carbocycles. The first-order valence-corrected chi connectivity index (χ1v) is 5.59. The van der Waals surface area contributed by atoms with E-state index in [1.54, 1.807) is 6.07 Å². The van der Waals surface area contributed by atoms with Gasteiger partial charge in [-0.25, -0.2) is 0 Å². The lowest BCUT2D eigenvalue weighted by atomic mass is 10.1. The number of hydrogen-bond donors (Lipinski definition) is 1. The van der Waals surface area contributed by atoms with E-state index in [4.69, 9.17) is 17.3 Å². The van der Waals surface area contributed by atoms with Gasteiger partial charge in [0, 0.05) is 23.6 Å². The molecular formula is C12H17ClN2O. The molecule has 0 atom stereocenters. The first kappa shape index (κ1) is 13.2. The molecule has 0 aliphatic heterocycles. The van der Waals surface area contributed by atoms with Crippen LogP contribution in [-0.4, -0.2) is 31.3 Å². The van der Waals surface area contributed by atoms with Crippen molar-refractivity contribution in [2.45, 2.75) is 13.0 Å². The van der Waals surface area contributed by atoms with Gasteiger partial charge in [-0.05, 0) is 32.3 Å². The summed E-state index contributed by atoms with van der Waals surface area (Å²) < 4.78 is 0. The lowest BCUT2D eigenvalue weighted by Crippen LogP contribution is -2.12. The Morgan fingerprint density at radius 2 is 2.12 bits per heavy atom. The fourth-order valence-electron chi connectivity index (χ4n) is 1.47. The summed E-state index contributed by atoms with van der Waals surface area (Å²) in [5.41, 5.74) is 7.00. The van der Waals surface area contributed by atoms with Gasteiger partial charge >= 0.3 is 0 Å². The summed E-state index contributed by atoms with van der Waals surface area (Å²) in [4.78, 5) is 13.6. The van der Waals surface area contributed by atoms with Crippen molar-refractivity contribution >= 4 is 17.4 Å². The molecule has 0 amide bonds. The van der Waals surface area contributed by atoms with Crippen molar-refractivity contribution in [2.24, 2.45) is 5.73 Å². The highest BCUT2D eigenvalue weighted by molar-refractivity contribution is 6.31. The van der Waals surface area contributed by atoms with Crippen LogP contribution in [0.5, 0.6) is 0 Å². The van der Waals surface area contributed by atoms with Crippen LogP contribution in [0.15, 0.2) is 18.2 Å². The summed E-state index contributed by atoms with van der Waals surface area (Å²) in [5.74, 6) is 0.0424. The molecule has 0 saturated heterocycles. The minimum Gasteiger partial charge on any atom is -0.330 e. The van der Waals surface area contributed by atoms with Crippen LogP contribution in [0.25, 0.3) is 0 Å². The normalized spacial score (nSPS) is 10.8. The Morgan fingerprint density at radius 1 is 1.44 bits per heavy atom. The maximum atomic E-state index is 11.6. The molecule has 0 saturated carbocycles. The Bertz CT molecular complexity index is 377. The zero-order valence-electron chi connectivity index (χ0n) is 9.66. The number of nitrogens with two attached hydrogens (primary N) is 1. The van der Waals surface area contributed by atoms with E-state index < -0.39 is 0 Å². The highest BCUT2D eigenvalue weighted by atomic mass is 35.5. The Balaban J connectivity index is 2.86. The number of ketones is 1. The average Bonchev–Trinajstić information content (AvgIpc) is 2.20. The topological polar surface area (TPSA) is 46.3 Å². The first-order chi connectivity index (χ1) is 7.54. The third kappa shape index (κ3) is 3.59. The van der Waals surface area contributed by atoms with Crippen molar-refractivity contribution < 1.29 is 4.79 Å². The van der Waals surface area contributed by atoms with E-state index >= 15 is 0 Å². The van der Waals surface area contributed by atoms with Gasteiger partial charge in [0.15, 0.2) is 5.78 Å². The molecule has 16 heavy (non-hydrogen) atoms. The van der Waals surface area contributed by atoms with Crippen molar-refractivity contribution in [3.8, 4) is 0 Å². The Kier molecular flexibility index (Phi) is 4.93. The van der Waals surface area contributed by atoms with E-state index in [1.807, 2.05) is 31.1 Å². The Labute approximate surface area is 101 Å². The largest absolute Gasteiger partial charge is 0.330 e. The van der Waals surface area contributed by atoms with Gasteiger partial charge in [0.1, 0.15) is 0 Å². The summed E-state index contributed by atoms with van der Waals surface area (Å²) in [7, 11) is 3.95. The van der Waals surface area contributed by atoms with Gasteiger partial charge in [0.05, 0.1) is 0 Å². The fraction of sp³-hybridized carbons (Fsp3) is 0.417. The van der Waals surface area contributed by atoms with Gasteiger partial charge in [0.2, 0.25) is 0 Å². The lowest BCUT2D eigenvalue weighted by molar-refractivity contribution is 0.0985. The van der Waals surface area contributed by atoms with Crippen LogP contribution in [0.4, 0.5) is 0 Å². The van der Waals surface area contributed by atoms with Gasteiger partial charge < -0.3 is 10.6 Å². The smallest absolute Gasteiger partial charge is 0.164 e. The van der Waals surface area contributed by atoms with Gasteiger partial charge in [-0.15, -0.1) is 0 Å². The molecule has 2 N–H and O–H groups in total. The monoisotopic (exact) mass is 240 g/mol. The molecular weight excluding hydrogens is 224 g/mol. The summed E-state index contributed by atoms with van der Waals surface area (Å²) in [6.45, 7) is 1.14. The van der Waals surface area contributed by atoms with Crippen LogP contribution >= 0.6 is 11.6 Å². The molecule has 3 nitrogen and oxygen atoms in total. The third-order valence-electron chi connectivity index (χ3n) is 2.23. The number of hydrogen-bond acceptors (Lipinski definition) is 3. The van der Waals surface area contributed by atoms with Gasteiger partial charge in [-0.2, -0.15) is 0 Å². The van der Waals surface area contributed by atoms with Crippen LogP contribution in [0.3, 0.4) is 0 Å². The molecule has 0 aliphatic rings. The van der Waals surface area contributed by atoms with E-state index in [1.165, 1.54) is 0 Å². The van der Waals surface area contributed by atoms with Crippen molar-refractivity contribution in [2.75, 3.05) is 20.6 Å². The molecule has 0 unspecified atom stereocenters. The summed E-state index contributed by atoms with van der Waals surface area (Å²) in [6.07, 6.45) is 0.364. The molecule has 0 fully saturated rings. The quantitative estimate of drug-likeness (QED) is 0.800. The molecule has 0 bridgehead atoms. The van der Waals surface area contributed by atoms with Crippen LogP contribution in [-0.2, 0) is 6.54 Å². The highest BCUT2D eigenvalue weighted by Crippen LogP contribution is 2.19. The zero-order valence-corrected chi connectivity index (χ0v) is 10.4. The predicted octanol–water partition coefficient (Wildman–Crippen LogP) is 1.93. The fourth-order valence-corrected chi connectivity index (χ4v) is 1.71.